The van der Waals surface area contributed by atoms with Crippen LogP contribution in [-0.2, 0) is 17.6 Å². The van der Waals surface area contributed by atoms with E-state index in [0.717, 1.165) is 5.56 Å². The number of para-hydroxylation sites is 1. The number of hydrogen-bond acceptors (Lipinski definition) is 4. The summed E-state index contributed by atoms with van der Waals surface area (Å²) in [6.45, 7) is 1.89. The molecule has 1 aromatic carbocycles. The molecule has 1 N–H and O–H groups in total. The fourth-order valence-electron chi connectivity index (χ4n) is 2.38. The van der Waals surface area contributed by atoms with Gasteiger partial charge in [0.15, 0.2) is 0 Å². The molecule has 0 aliphatic carbocycles. The molecule has 2 heterocycles. The molecule has 23 heavy (non-hydrogen) atoms. The van der Waals surface area contributed by atoms with E-state index in [9.17, 15) is 9.59 Å². The first-order valence-electron chi connectivity index (χ1n) is 7.38. The van der Waals surface area contributed by atoms with Gasteiger partial charge in [-0.2, -0.15) is 0 Å². The van der Waals surface area contributed by atoms with Gasteiger partial charge in [0.1, 0.15) is 5.82 Å². The summed E-state index contributed by atoms with van der Waals surface area (Å²) in [7, 11) is 0. The Bertz CT molecular complexity index is 903. The molecule has 0 aliphatic heterocycles. The van der Waals surface area contributed by atoms with Crippen LogP contribution < -0.4 is 11.0 Å². The quantitative estimate of drug-likeness (QED) is 0.795. The molecule has 0 unspecified atom stereocenters. The number of benzene rings is 1. The van der Waals surface area contributed by atoms with E-state index in [-0.39, 0.29) is 17.9 Å². The summed E-state index contributed by atoms with van der Waals surface area (Å²) < 4.78 is 1.24. The number of aromatic nitrogens is 3. The van der Waals surface area contributed by atoms with Crippen LogP contribution in [0.2, 0.25) is 0 Å². The fraction of sp³-hybridized carbons (Fsp3) is 0.176. The van der Waals surface area contributed by atoms with Crippen LogP contribution in [-0.4, -0.2) is 20.6 Å². The van der Waals surface area contributed by atoms with Gasteiger partial charge in [0.05, 0.1) is 17.3 Å². The zero-order chi connectivity index (χ0) is 16.2. The number of amides is 1. The van der Waals surface area contributed by atoms with Crippen molar-refractivity contribution >= 4 is 16.8 Å². The first-order chi connectivity index (χ1) is 11.2. The highest BCUT2D eigenvalue weighted by Gasteiger charge is 2.12. The maximum absolute atomic E-state index is 12.6. The summed E-state index contributed by atoms with van der Waals surface area (Å²) in [6, 6.07) is 10.7. The Morgan fingerprint density at radius 2 is 2.04 bits per heavy atom. The minimum absolute atomic E-state index is 0.149. The lowest BCUT2D eigenvalue weighted by Gasteiger charge is -2.13. The van der Waals surface area contributed by atoms with Crippen molar-refractivity contribution in [1.29, 1.82) is 0 Å². The highest BCUT2D eigenvalue weighted by Crippen LogP contribution is 2.07. The molecule has 116 valence electrons. The van der Waals surface area contributed by atoms with Crippen molar-refractivity contribution in [2.24, 2.45) is 0 Å². The minimum atomic E-state index is -0.285. The van der Waals surface area contributed by atoms with Gasteiger partial charge in [-0.1, -0.05) is 25.1 Å². The van der Waals surface area contributed by atoms with E-state index in [1.165, 1.54) is 4.68 Å². The Labute approximate surface area is 132 Å². The summed E-state index contributed by atoms with van der Waals surface area (Å²) in [5.41, 5.74) is 3.79. The minimum Gasteiger partial charge on any atom is -0.273 e. The third-order valence-electron chi connectivity index (χ3n) is 3.49. The molecular formula is C17H16N4O2. The van der Waals surface area contributed by atoms with E-state index in [2.05, 4.69) is 15.4 Å². The second-order valence-electron chi connectivity index (χ2n) is 5.11. The number of fused-ring (bicyclic) bond motifs is 1. The molecule has 0 aliphatic rings. The van der Waals surface area contributed by atoms with E-state index in [1.54, 1.807) is 36.7 Å². The van der Waals surface area contributed by atoms with Crippen LogP contribution in [0.4, 0.5) is 0 Å². The standard InChI is InChI=1S/C17H16N4O2/c1-2-15-19-14-8-4-3-7-13(14)17(23)21(15)20-16(22)10-12-6-5-9-18-11-12/h3-9,11H,2,10H2,1H3,(H,20,22). The van der Waals surface area contributed by atoms with Crippen molar-refractivity contribution in [1.82, 2.24) is 14.6 Å². The van der Waals surface area contributed by atoms with Gasteiger partial charge < -0.3 is 0 Å². The van der Waals surface area contributed by atoms with Crippen molar-refractivity contribution in [3.05, 3.63) is 70.5 Å². The third-order valence-corrected chi connectivity index (χ3v) is 3.49. The summed E-state index contributed by atoms with van der Waals surface area (Å²) in [5.74, 6) is 0.236. The maximum Gasteiger partial charge on any atom is 0.280 e. The summed E-state index contributed by atoms with van der Waals surface area (Å²) in [6.07, 6.45) is 3.96. The predicted octanol–water partition coefficient (Wildman–Crippen LogP) is 1.67. The topological polar surface area (TPSA) is 76.9 Å². The molecule has 0 radical (unpaired) electrons. The highest BCUT2D eigenvalue weighted by atomic mass is 16.2. The molecule has 2 aromatic heterocycles. The highest BCUT2D eigenvalue weighted by molar-refractivity contribution is 5.86. The summed E-state index contributed by atoms with van der Waals surface area (Å²) in [5, 5.41) is 0.478. The first kappa shape index (κ1) is 14.9. The predicted molar refractivity (Wildman–Crippen MR) is 87.7 cm³/mol. The number of carbonyl (C=O) groups is 1. The molecule has 0 saturated heterocycles. The van der Waals surface area contributed by atoms with Crippen LogP contribution in [0.25, 0.3) is 10.9 Å². The van der Waals surface area contributed by atoms with E-state index in [4.69, 9.17) is 0 Å². The van der Waals surface area contributed by atoms with Crippen molar-refractivity contribution < 1.29 is 4.79 Å². The Balaban J connectivity index is 1.94. The van der Waals surface area contributed by atoms with Gasteiger partial charge in [-0.25, -0.2) is 9.66 Å². The number of carbonyl (C=O) groups excluding carboxylic acids is 1. The molecule has 6 heteroatoms. The van der Waals surface area contributed by atoms with Crippen LogP contribution in [0.5, 0.6) is 0 Å². The lowest BCUT2D eigenvalue weighted by Crippen LogP contribution is -2.37. The lowest BCUT2D eigenvalue weighted by atomic mass is 10.2. The number of nitrogens with one attached hydrogen (secondary N) is 1. The average Bonchev–Trinajstić information content (AvgIpc) is 2.58. The van der Waals surface area contributed by atoms with Gasteiger partial charge in [-0.3, -0.25) is 20.0 Å². The fourth-order valence-corrected chi connectivity index (χ4v) is 2.38. The van der Waals surface area contributed by atoms with Gasteiger partial charge in [0.25, 0.3) is 5.56 Å². The van der Waals surface area contributed by atoms with Crippen LogP contribution in [0.15, 0.2) is 53.6 Å². The van der Waals surface area contributed by atoms with E-state index >= 15 is 0 Å². The van der Waals surface area contributed by atoms with Crippen molar-refractivity contribution in [3.8, 4) is 0 Å². The Morgan fingerprint density at radius 3 is 2.78 bits per heavy atom. The second kappa shape index (κ2) is 6.39. The van der Waals surface area contributed by atoms with Crippen molar-refractivity contribution in [2.75, 3.05) is 5.43 Å². The number of pyridine rings is 1. The largest absolute Gasteiger partial charge is 0.280 e. The Morgan fingerprint density at radius 1 is 1.22 bits per heavy atom. The van der Waals surface area contributed by atoms with Crippen LogP contribution in [0.3, 0.4) is 0 Å². The van der Waals surface area contributed by atoms with Crippen LogP contribution in [0.1, 0.15) is 18.3 Å². The third kappa shape index (κ3) is 3.11. The van der Waals surface area contributed by atoms with Crippen LogP contribution >= 0.6 is 0 Å². The van der Waals surface area contributed by atoms with Crippen molar-refractivity contribution in [3.63, 3.8) is 0 Å². The molecule has 3 rings (SSSR count). The van der Waals surface area contributed by atoms with Crippen molar-refractivity contribution in [2.45, 2.75) is 19.8 Å². The summed E-state index contributed by atoms with van der Waals surface area (Å²) >= 11 is 0. The van der Waals surface area contributed by atoms with Gasteiger partial charge in [-0.15, -0.1) is 0 Å². The van der Waals surface area contributed by atoms with Crippen LogP contribution in [0, 0.1) is 0 Å². The number of aryl methyl sites for hydroxylation is 1. The van der Waals surface area contributed by atoms with E-state index < -0.39 is 0 Å². The molecule has 0 spiro atoms. The zero-order valence-corrected chi connectivity index (χ0v) is 12.7. The van der Waals surface area contributed by atoms with E-state index in [0.29, 0.717) is 23.1 Å². The molecular weight excluding hydrogens is 292 g/mol. The van der Waals surface area contributed by atoms with Gasteiger partial charge in [-0.05, 0) is 23.8 Å². The normalized spacial score (nSPS) is 10.7. The van der Waals surface area contributed by atoms with Gasteiger partial charge >= 0.3 is 0 Å². The Hall–Kier alpha value is -3.02. The molecule has 0 bridgehead atoms. The number of nitrogens with zero attached hydrogens (tertiary/aromatic N) is 3. The Kier molecular flexibility index (Phi) is 4.14. The average molecular weight is 308 g/mol. The van der Waals surface area contributed by atoms with Gasteiger partial charge in [0.2, 0.25) is 5.91 Å². The second-order valence-corrected chi connectivity index (χ2v) is 5.11. The SMILES string of the molecule is CCc1nc2ccccc2c(=O)n1NC(=O)Cc1cccnc1. The summed E-state index contributed by atoms with van der Waals surface area (Å²) in [4.78, 5) is 33.2. The molecule has 0 fully saturated rings. The zero-order valence-electron chi connectivity index (χ0n) is 12.7. The first-order valence-corrected chi connectivity index (χ1v) is 7.38. The van der Waals surface area contributed by atoms with E-state index in [1.807, 2.05) is 19.1 Å². The number of hydrogen-bond donors (Lipinski definition) is 1. The number of rotatable bonds is 4. The maximum atomic E-state index is 12.6. The molecule has 1 amide bonds. The smallest absolute Gasteiger partial charge is 0.273 e. The molecule has 6 nitrogen and oxygen atoms in total. The van der Waals surface area contributed by atoms with Gasteiger partial charge in [0, 0.05) is 18.8 Å². The molecule has 3 aromatic rings. The monoisotopic (exact) mass is 308 g/mol. The lowest BCUT2D eigenvalue weighted by molar-refractivity contribution is -0.116. The molecule has 0 atom stereocenters. The molecule has 0 saturated carbocycles.